The van der Waals surface area contributed by atoms with Gasteiger partial charge in [-0.1, -0.05) is 13.2 Å². The van der Waals surface area contributed by atoms with Crippen molar-refractivity contribution in [2.45, 2.75) is 6.92 Å². The zero-order chi connectivity index (χ0) is 10.7. The van der Waals surface area contributed by atoms with Crippen molar-refractivity contribution in [2.75, 3.05) is 13.2 Å². The summed E-state index contributed by atoms with van der Waals surface area (Å²) >= 11 is 0. The van der Waals surface area contributed by atoms with Crippen LogP contribution in [0.3, 0.4) is 0 Å². The monoisotopic (exact) mass is 183 g/mol. The van der Waals surface area contributed by atoms with Gasteiger partial charge < -0.3 is 9.84 Å². The Kier molecular flexibility index (Phi) is 11.2. The molecule has 0 aromatic heterocycles. The molecule has 72 valence electrons. The number of nitriles is 1. The summed E-state index contributed by atoms with van der Waals surface area (Å²) < 4.78 is 4.33. The molecular weight excluding hydrogens is 170 g/mol. The Morgan fingerprint density at radius 2 is 2.23 bits per heavy atom. The summed E-state index contributed by atoms with van der Waals surface area (Å²) in [5.74, 6) is -0.501. The summed E-state index contributed by atoms with van der Waals surface area (Å²) in [5.41, 5.74) is 0.560. The fourth-order valence-corrected chi connectivity index (χ4v) is 0.205. The Morgan fingerprint density at radius 3 is 2.46 bits per heavy atom. The number of nitrogens with zero attached hydrogens (tertiary/aromatic N) is 1. The van der Waals surface area contributed by atoms with Crippen LogP contribution in [0.4, 0.5) is 0 Å². The van der Waals surface area contributed by atoms with E-state index < -0.39 is 5.97 Å². The minimum Gasteiger partial charge on any atom is -0.460 e. The molecule has 0 saturated carbocycles. The first kappa shape index (κ1) is 14.0. The highest BCUT2D eigenvalue weighted by Crippen LogP contribution is 1.75. The number of esters is 1. The molecule has 0 heterocycles. The van der Waals surface area contributed by atoms with E-state index in [0.717, 1.165) is 6.08 Å². The third-order valence-electron chi connectivity index (χ3n) is 0.693. The van der Waals surface area contributed by atoms with Crippen LogP contribution in [-0.4, -0.2) is 24.3 Å². The van der Waals surface area contributed by atoms with Crippen LogP contribution in [0.2, 0.25) is 0 Å². The van der Waals surface area contributed by atoms with Crippen LogP contribution < -0.4 is 0 Å². The molecule has 4 heteroatoms. The van der Waals surface area contributed by atoms with Crippen molar-refractivity contribution in [3.05, 3.63) is 24.8 Å². The molecule has 0 aromatic carbocycles. The Bertz CT molecular complexity index is 215. The minimum atomic E-state index is -0.501. The molecular formula is C9H13NO3. The predicted molar refractivity (Wildman–Crippen MR) is 48.7 cm³/mol. The van der Waals surface area contributed by atoms with Gasteiger partial charge in [0.2, 0.25) is 0 Å². The lowest BCUT2D eigenvalue weighted by Crippen LogP contribution is -2.04. The van der Waals surface area contributed by atoms with Crippen LogP contribution in [0, 0.1) is 11.3 Å². The topological polar surface area (TPSA) is 70.3 Å². The summed E-state index contributed by atoms with van der Waals surface area (Å²) in [4.78, 5) is 10.1. The van der Waals surface area contributed by atoms with E-state index in [1.807, 2.05) is 6.07 Å². The molecule has 0 aromatic rings. The first-order valence-electron chi connectivity index (χ1n) is 3.54. The predicted octanol–water partition coefficient (Wildman–Crippen LogP) is 0.794. The SMILES string of the molecule is C=C(C)C#N.C=CC(=O)OCCO. The molecule has 0 unspecified atom stereocenters. The van der Waals surface area contributed by atoms with Crippen LogP contribution in [-0.2, 0) is 9.53 Å². The molecule has 0 bridgehead atoms. The van der Waals surface area contributed by atoms with Gasteiger partial charge in [0.25, 0.3) is 0 Å². The van der Waals surface area contributed by atoms with E-state index in [-0.39, 0.29) is 13.2 Å². The number of ether oxygens (including phenoxy) is 1. The summed E-state index contributed by atoms with van der Waals surface area (Å²) in [6.45, 7) is 8.04. The Morgan fingerprint density at radius 1 is 1.77 bits per heavy atom. The molecule has 0 spiro atoms. The van der Waals surface area contributed by atoms with Crippen LogP contribution in [0.5, 0.6) is 0 Å². The van der Waals surface area contributed by atoms with Gasteiger partial charge in [-0.3, -0.25) is 0 Å². The van der Waals surface area contributed by atoms with Gasteiger partial charge in [0, 0.05) is 11.6 Å². The number of aliphatic hydroxyl groups is 1. The molecule has 0 atom stereocenters. The summed E-state index contributed by atoms with van der Waals surface area (Å²) in [7, 11) is 0. The van der Waals surface area contributed by atoms with Crippen molar-refractivity contribution < 1.29 is 14.6 Å². The van der Waals surface area contributed by atoms with E-state index in [4.69, 9.17) is 10.4 Å². The van der Waals surface area contributed by atoms with E-state index in [1.165, 1.54) is 0 Å². The summed E-state index contributed by atoms with van der Waals surface area (Å²) in [5, 5.41) is 15.9. The van der Waals surface area contributed by atoms with Gasteiger partial charge in [-0.25, -0.2) is 4.79 Å². The molecule has 0 saturated heterocycles. The first-order valence-corrected chi connectivity index (χ1v) is 3.54. The second-order valence-corrected chi connectivity index (χ2v) is 1.99. The Hall–Kier alpha value is -1.60. The fourth-order valence-electron chi connectivity index (χ4n) is 0.205. The van der Waals surface area contributed by atoms with Gasteiger partial charge in [0.05, 0.1) is 12.7 Å². The van der Waals surface area contributed by atoms with Crippen molar-refractivity contribution in [1.82, 2.24) is 0 Å². The number of carbonyl (C=O) groups is 1. The smallest absolute Gasteiger partial charge is 0.330 e. The van der Waals surface area contributed by atoms with Gasteiger partial charge in [-0.2, -0.15) is 5.26 Å². The van der Waals surface area contributed by atoms with E-state index in [0.29, 0.717) is 5.57 Å². The lowest BCUT2D eigenvalue weighted by Gasteiger charge is -1.94. The zero-order valence-corrected chi connectivity index (χ0v) is 7.62. The number of allylic oxidation sites excluding steroid dienone is 1. The lowest BCUT2D eigenvalue weighted by molar-refractivity contribution is -0.138. The van der Waals surface area contributed by atoms with Crippen molar-refractivity contribution >= 4 is 5.97 Å². The highest BCUT2D eigenvalue weighted by Gasteiger charge is 1.90. The molecule has 0 aliphatic rings. The molecule has 0 radical (unpaired) electrons. The number of rotatable bonds is 3. The van der Waals surface area contributed by atoms with E-state index in [1.54, 1.807) is 6.92 Å². The Balaban J connectivity index is 0. The van der Waals surface area contributed by atoms with Crippen molar-refractivity contribution in [2.24, 2.45) is 0 Å². The highest BCUT2D eigenvalue weighted by molar-refractivity contribution is 5.81. The zero-order valence-electron chi connectivity index (χ0n) is 7.62. The lowest BCUT2D eigenvalue weighted by atomic mass is 10.4. The summed E-state index contributed by atoms with van der Waals surface area (Å²) in [6.07, 6.45) is 1.05. The second-order valence-electron chi connectivity index (χ2n) is 1.99. The van der Waals surface area contributed by atoms with Crippen LogP contribution in [0.25, 0.3) is 0 Å². The average Bonchev–Trinajstić information content (AvgIpc) is 2.15. The van der Waals surface area contributed by atoms with Gasteiger partial charge in [-0.15, -0.1) is 0 Å². The third-order valence-corrected chi connectivity index (χ3v) is 0.693. The number of hydrogen-bond acceptors (Lipinski definition) is 4. The van der Waals surface area contributed by atoms with Gasteiger partial charge >= 0.3 is 5.97 Å². The van der Waals surface area contributed by atoms with Gasteiger partial charge in [0.1, 0.15) is 6.61 Å². The normalized spacial score (nSPS) is 7.15. The Labute approximate surface area is 77.7 Å². The molecule has 4 nitrogen and oxygen atoms in total. The highest BCUT2D eigenvalue weighted by atomic mass is 16.5. The van der Waals surface area contributed by atoms with Crippen LogP contribution in [0.15, 0.2) is 24.8 Å². The van der Waals surface area contributed by atoms with E-state index >= 15 is 0 Å². The van der Waals surface area contributed by atoms with Crippen LogP contribution >= 0.6 is 0 Å². The molecule has 13 heavy (non-hydrogen) atoms. The molecule has 1 N–H and O–H groups in total. The summed E-state index contributed by atoms with van der Waals surface area (Å²) in [6, 6.07) is 1.83. The molecule has 0 rings (SSSR count). The number of aliphatic hydroxyl groups excluding tert-OH is 1. The quantitative estimate of drug-likeness (QED) is 0.399. The maximum atomic E-state index is 10.1. The van der Waals surface area contributed by atoms with Crippen molar-refractivity contribution in [3.8, 4) is 6.07 Å². The number of carbonyl (C=O) groups excluding carboxylic acids is 1. The first-order chi connectivity index (χ1) is 6.08. The van der Waals surface area contributed by atoms with Crippen molar-refractivity contribution in [3.63, 3.8) is 0 Å². The molecule has 0 fully saturated rings. The van der Waals surface area contributed by atoms with E-state index in [2.05, 4.69) is 17.9 Å². The largest absolute Gasteiger partial charge is 0.460 e. The minimum absolute atomic E-state index is 0.0465. The maximum absolute atomic E-state index is 10.1. The number of hydrogen-bond donors (Lipinski definition) is 1. The standard InChI is InChI=1S/C5H8O3.C4H5N/c1-2-5(7)8-4-3-6;1-4(2)3-5/h2,6H,1,3-4H2;1H2,2H3. The van der Waals surface area contributed by atoms with Crippen LogP contribution in [0.1, 0.15) is 6.92 Å². The second kappa shape index (κ2) is 10.4. The average molecular weight is 183 g/mol. The fraction of sp³-hybridized carbons (Fsp3) is 0.333. The van der Waals surface area contributed by atoms with Gasteiger partial charge in [-0.05, 0) is 6.92 Å². The van der Waals surface area contributed by atoms with Crippen molar-refractivity contribution in [1.29, 1.82) is 5.26 Å². The van der Waals surface area contributed by atoms with Gasteiger partial charge in [0.15, 0.2) is 0 Å². The molecule has 0 amide bonds. The maximum Gasteiger partial charge on any atom is 0.330 e. The molecule has 0 aliphatic carbocycles. The molecule has 0 aliphatic heterocycles. The van der Waals surface area contributed by atoms with E-state index in [9.17, 15) is 4.79 Å². The third kappa shape index (κ3) is 17.9.